The highest BCUT2D eigenvalue weighted by atomic mass is 16.7. The van der Waals surface area contributed by atoms with E-state index in [1.165, 1.54) is 103 Å². The van der Waals surface area contributed by atoms with Crippen LogP contribution in [0.5, 0.6) is 0 Å². The Bertz CT molecular complexity index is 1410. The maximum atomic E-state index is 13.1. The van der Waals surface area contributed by atoms with E-state index >= 15 is 0 Å². The van der Waals surface area contributed by atoms with E-state index in [2.05, 4.69) is 57.2 Å². The second-order valence-electron chi connectivity index (χ2n) is 20.6. The van der Waals surface area contributed by atoms with Crippen LogP contribution in [0.2, 0.25) is 0 Å². The van der Waals surface area contributed by atoms with E-state index in [9.17, 15) is 34.5 Å². The molecule has 1 rings (SSSR count). The van der Waals surface area contributed by atoms with Gasteiger partial charge in [0.15, 0.2) is 24.6 Å². The quantitative estimate of drug-likeness (QED) is 0.0228. The summed E-state index contributed by atoms with van der Waals surface area (Å²) in [5, 5.41) is 31.5. The van der Waals surface area contributed by atoms with Gasteiger partial charge in [-0.3, -0.25) is 14.4 Å². The number of unbranched alkanes of at least 4 members (excludes halogenated alkanes) is 31. The molecule has 0 aliphatic carbocycles. The molecule has 1 fully saturated rings. The summed E-state index contributed by atoms with van der Waals surface area (Å²) in [5.41, 5.74) is 0. The van der Waals surface area contributed by atoms with Gasteiger partial charge in [-0.2, -0.15) is 0 Å². The first kappa shape index (κ1) is 68.0. The Morgan fingerprint density at radius 1 is 0.438 bits per heavy atom. The fraction of sp³-hybridized carbons (Fsp3) is 0.836. The number of carbonyl (C=O) groups excluding carboxylic acids is 3. The first-order chi connectivity index (χ1) is 35.6. The molecule has 0 spiro atoms. The zero-order chi connectivity index (χ0) is 53.3. The Balaban J connectivity index is 2.70. The number of aliphatic hydroxyl groups is 2. The Kier molecular flexibility index (Phi) is 46.4. The van der Waals surface area contributed by atoms with Crippen molar-refractivity contribution in [3.05, 3.63) is 36.5 Å². The van der Waals surface area contributed by atoms with Crippen LogP contribution in [0.1, 0.15) is 278 Å². The molecule has 0 bridgehead atoms. The summed E-state index contributed by atoms with van der Waals surface area (Å²) in [6, 6.07) is 0. The van der Waals surface area contributed by atoms with Crippen molar-refractivity contribution < 1.29 is 58.2 Å². The summed E-state index contributed by atoms with van der Waals surface area (Å²) < 4.78 is 28.4. The lowest BCUT2D eigenvalue weighted by molar-refractivity contribution is -0.301. The average molecular weight is 1030 g/mol. The fourth-order valence-electron chi connectivity index (χ4n) is 9.00. The number of ether oxygens (including phenoxy) is 5. The third-order valence-corrected chi connectivity index (χ3v) is 13.7. The molecule has 0 radical (unpaired) electrons. The highest BCUT2D eigenvalue weighted by molar-refractivity contribution is 5.74. The van der Waals surface area contributed by atoms with Crippen LogP contribution in [0, 0.1) is 0 Å². The monoisotopic (exact) mass is 1030 g/mol. The van der Waals surface area contributed by atoms with E-state index in [0.717, 1.165) is 116 Å². The second kappa shape index (κ2) is 49.8. The Labute approximate surface area is 444 Å². The van der Waals surface area contributed by atoms with Crippen LogP contribution in [0.3, 0.4) is 0 Å². The van der Waals surface area contributed by atoms with Gasteiger partial charge in [-0.15, -0.1) is 0 Å². The number of allylic oxidation sites excluding steroid dienone is 6. The Morgan fingerprint density at radius 3 is 1.18 bits per heavy atom. The number of carbonyl (C=O) groups is 4. The molecule has 12 heteroatoms. The maximum Gasteiger partial charge on any atom is 0.335 e. The molecule has 12 nitrogen and oxygen atoms in total. The molecule has 3 N–H and O–H groups in total. The molecule has 6 atom stereocenters. The minimum Gasteiger partial charge on any atom is -0.479 e. The standard InChI is InChI=1S/C61H108O12/c1-4-7-10-13-16-19-22-25-27-30-32-35-38-41-44-47-53(62)69-50-52(71-54(63)48-45-42-39-36-34-31-28-26-23-20-17-14-11-8-5-2)51-70-61-59(57(66)56(65)58(73-61)60(67)68)72-55(64)49-46-43-40-37-33-29-24-21-18-15-12-9-6-3/h21,24-28,52,56-59,61,65-66H,4-20,22-23,29-51H2,1-3H3,(H,67,68)/b24-21-,27-25-,28-26-. The summed E-state index contributed by atoms with van der Waals surface area (Å²) in [6.45, 7) is 5.96. The van der Waals surface area contributed by atoms with Crippen molar-refractivity contribution >= 4 is 23.9 Å². The molecule has 1 heterocycles. The molecular formula is C61H108O12. The fourth-order valence-corrected chi connectivity index (χ4v) is 9.00. The predicted molar refractivity (Wildman–Crippen MR) is 294 cm³/mol. The largest absolute Gasteiger partial charge is 0.479 e. The number of aliphatic carboxylic acids is 1. The third kappa shape index (κ3) is 39.9. The van der Waals surface area contributed by atoms with Crippen LogP contribution >= 0.6 is 0 Å². The third-order valence-electron chi connectivity index (χ3n) is 13.7. The molecule has 6 unspecified atom stereocenters. The van der Waals surface area contributed by atoms with Gasteiger partial charge >= 0.3 is 23.9 Å². The van der Waals surface area contributed by atoms with Gasteiger partial charge in [0.25, 0.3) is 0 Å². The van der Waals surface area contributed by atoms with Gasteiger partial charge in [-0.05, 0) is 96.3 Å². The minimum atomic E-state index is -1.90. The van der Waals surface area contributed by atoms with Crippen molar-refractivity contribution in [1.29, 1.82) is 0 Å². The van der Waals surface area contributed by atoms with Gasteiger partial charge in [-0.25, -0.2) is 4.79 Å². The van der Waals surface area contributed by atoms with E-state index < -0.39 is 67.3 Å². The molecule has 1 aliphatic heterocycles. The first-order valence-corrected chi connectivity index (χ1v) is 30.0. The molecule has 0 amide bonds. The minimum absolute atomic E-state index is 0.0509. The molecule has 73 heavy (non-hydrogen) atoms. The van der Waals surface area contributed by atoms with Crippen LogP contribution in [0.15, 0.2) is 36.5 Å². The molecule has 424 valence electrons. The average Bonchev–Trinajstić information content (AvgIpc) is 3.37. The van der Waals surface area contributed by atoms with Crippen molar-refractivity contribution in [2.75, 3.05) is 13.2 Å². The summed E-state index contributed by atoms with van der Waals surface area (Å²) >= 11 is 0. The molecule has 0 saturated carbocycles. The number of esters is 3. The number of hydrogen-bond donors (Lipinski definition) is 3. The SMILES string of the molecule is CCCCCC/C=C\CCCCCCCC(=O)OC1C(OCC(COC(=O)CCCCCCC/C=C\CCCCCCCC)OC(=O)CCCCCCC/C=C\CCCCCCCC)OC(C(=O)O)C(O)C1O. The van der Waals surface area contributed by atoms with Gasteiger partial charge in [0.1, 0.15) is 18.8 Å². The summed E-state index contributed by atoms with van der Waals surface area (Å²) in [7, 11) is 0. The van der Waals surface area contributed by atoms with E-state index in [0.29, 0.717) is 19.3 Å². The van der Waals surface area contributed by atoms with Crippen molar-refractivity contribution in [3.8, 4) is 0 Å². The van der Waals surface area contributed by atoms with E-state index in [1.807, 2.05) is 0 Å². The molecule has 1 saturated heterocycles. The first-order valence-electron chi connectivity index (χ1n) is 30.0. The zero-order valence-corrected chi connectivity index (χ0v) is 46.6. The van der Waals surface area contributed by atoms with Crippen molar-refractivity contribution in [1.82, 2.24) is 0 Å². The van der Waals surface area contributed by atoms with Gasteiger partial charge in [-0.1, -0.05) is 198 Å². The number of carboxylic acids is 1. The summed E-state index contributed by atoms with van der Waals surface area (Å²) in [5.74, 6) is -3.13. The van der Waals surface area contributed by atoms with Crippen LogP contribution in [-0.4, -0.2) is 89.2 Å². The second-order valence-corrected chi connectivity index (χ2v) is 20.6. The van der Waals surface area contributed by atoms with E-state index in [-0.39, 0.29) is 25.9 Å². The van der Waals surface area contributed by atoms with Crippen molar-refractivity contribution in [3.63, 3.8) is 0 Å². The predicted octanol–water partition coefficient (Wildman–Crippen LogP) is 15.2. The smallest absolute Gasteiger partial charge is 0.335 e. The van der Waals surface area contributed by atoms with Crippen LogP contribution in [-0.2, 0) is 42.9 Å². The number of aliphatic hydroxyl groups excluding tert-OH is 2. The topological polar surface area (TPSA) is 175 Å². The van der Waals surface area contributed by atoms with Crippen LogP contribution < -0.4 is 0 Å². The van der Waals surface area contributed by atoms with Crippen LogP contribution in [0.4, 0.5) is 0 Å². The zero-order valence-electron chi connectivity index (χ0n) is 46.6. The number of rotatable bonds is 51. The maximum absolute atomic E-state index is 13.1. The van der Waals surface area contributed by atoms with Gasteiger partial charge in [0.2, 0.25) is 0 Å². The molecule has 1 aliphatic rings. The molecular weight excluding hydrogens is 925 g/mol. The molecule has 0 aromatic carbocycles. The lowest BCUT2D eigenvalue weighted by atomic mass is 9.98. The summed E-state index contributed by atoms with van der Waals surface area (Å²) in [4.78, 5) is 51.1. The Hall–Kier alpha value is -3.06. The lowest BCUT2D eigenvalue weighted by Gasteiger charge is -2.40. The lowest BCUT2D eigenvalue weighted by Crippen LogP contribution is -2.61. The normalized spacial score (nSPS) is 18.5. The van der Waals surface area contributed by atoms with Gasteiger partial charge < -0.3 is 39.0 Å². The van der Waals surface area contributed by atoms with Gasteiger partial charge in [0.05, 0.1) is 6.61 Å². The van der Waals surface area contributed by atoms with Crippen molar-refractivity contribution in [2.24, 2.45) is 0 Å². The van der Waals surface area contributed by atoms with E-state index in [1.54, 1.807) is 0 Å². The Morgan fingerprint density at radius 2 is 0.781 bits per heavy atom. The summed E-state index contributed by atoms with van der Waals surface area (Å²) in [6.07, 6.45) is 45.4. The number of hydrogen-bond acceptors (Lipinski definition) is 11. The molecule has 0 aromatic rings. The van der Waals surface area contributed by atoms with Crippen LogP contribution in [0.25, 0.3) is 0 Å². The number of carboxylic acid groups (broad SMARTS) is 1. The highest BCUT2D eigenvalue weighted by Gasteiger charge is 2.50. The van der Waals surface area contributed by atoms with Gasteiger partial charge in [0, 0.05) is 19.3 Å². The molecule has 0 aromatic heterocycles. The highest BCUT2D eigenvalue weighted by Crippen LogP contribution is 2.26. The van der Waals surface area contributed by atoms with Crippen molar-refractivity contribution in [2.45, 2.75) is 314 Å². The van der Waals surface area contributed by atoms with E-state index in [4.69, 9.17) is 23.7 Å².